The molecule has 0 fully saturated rings. The Bertz CT molecular complexity index is 693. The average molecular weight is 329 g/mol. The van der Waals surface area contributed by atoms with Crippen LogP contribution in [0.5, 0.6) is 0 Å². The summed E-state index contributed by atoms with van der Waals surface area (Å²) in [5, 5.41) is 0. The highest BCUT2D eigenvalue weighted by molar-refractivity contribution is 5.99. The van der Waals surface area contributed by atoms with E-state index >= 15 is 0 Å². The number of rotatable bonds is 5. The molecule has 24 heavy (non-hydrogen) atoms. The maximum atomic E-state index is 14.3. The van der Waals surface area contributed by atoms with E-state index in [1.807, 2.05) is 18.2 Å². The second-order valence-electron chi connectivity index (χ2n) is 7.03. The van der Waals surface area contributed by atoms with Crippen LogP contribution >= 0.6 is 0 Å². The van der Waals surface area contributed by atoms with E-state index in [4.69, 9.17) is 4.74 Å². The van der Waals surface area contributed by atoms with Crippen LogP contribution in [0.3, 0.4) is 0 Å². The van der Waals surface area contributed by atoms with Gasteiger partial charge in [0.05, 0.1) is 18.9 Å². The Morgan fingerprint density at radius 3 is 2.38 bits per heavy atom. The minimum Gasteiger partial charge on any atom is -0.376 e. The normalized spacial score (nSPS) is 11.4. The molecule has 0 saturated heterocycles. The van der Waals surface area contributed by atoms with E-state index in [9.17, 15) is 9.18 Å². The average Bonchev–Trinajstić information content (AvgIpc) is 2.50. The monoisotopic (exact) mass is 329 g/mol. The first kappa shape index (κ1) is 18.1. The first-order valence-electron chi connectivity index (χ1n) is 8.00. The van der Waals surface area contributed by atoms with E-state index in [0.717, 1.165) is 5.56 Å². The molecule has 3 nitrogen and oxygen atoms in total. The van der Waals surface area contributed by atoms with Gasteiger partial charge in [0.1, 0.15) is 5.82 Å². The van der Waals surface area contributed by atoms with Gasteiger partial charge in [0, 0.05) is 12.6 Å². The van der Waals surface area contributed by atoms with E-state index in [0.29, 0.717) is 18.9 Å². The number of hydrogen-bond donors (Lipinski definition) is 0. The lowest BCUT2D eigenvalue weighted by atomic mass is 9.99. The van der Waals surface area contributed by atoms with Crippen molar-refractivity contribution in [3.05, 3.63) is 59.9 Å². The van der Waals surface area contributed by atoms with Gasteiger partial charge in [-0.2, -0.15) is 0 Å². The summed E-state index contributed by atoms with van der Waals surface area (Å²) < 4.78 is 20.0. The molecule has 0 atom stereocenters. The van der Waals surface area contributed by atoms with Gasteiger partial charge in [-0.3, -0.25) is 9.69 Å². The molecule has 2 rings (SSSR count). The molecule has 0 heterocycles. The molecule has 0 aromatic heterocycles. The summed E-state index contributed by atoms with van der Waals surface area (Å²) in [4.78, 5) is 13.5. The highest BCUT2D eigenvalue weighted by Crippen LogP contribution is 2.29. The third-order valence-corrected chi connectivity index (χ3v) is 3.38. The van der Waals surface area contributed by atoms with Crippen molar-refractivity contribution in [2.75, 3.05) is 11.5 Å². The molecule has 0 radical (unpaired) electrons. The number of anilines is 2. The van der Waals surface area contributed by atoms with Gasteiger partial charge < -0.3 is 4.74 Å². The maximum absolute atomic E-state index is 14.3. The van der Waals surface area contributed by atoms with E-state index in [1.165, 1.54) is 17.9 Å². The van der Waals surface area contributed by atoms with Crippen molar-refractivity contribution in [2.45, 2.75) is 34.3 Å². The first-order chi connectivity index (χ1) is 11.3. The fraction of sp³-hybridized carbons (Fsp3) is 0.350. The Morgan fingerprint density at radius 1 is 1.12 bits per heavy atom. The van der Waals surface area contributed by atoms with Gasteiger partial charge in [0.25, 0.3) is 0 Å². The largest absolute Gasteiger partial charge is 0.376 e. The quantitative estimate of drug-likeness (QED) is 0.766. The summed E-state index contributed by atoms with van der Waals surface area (Å²) in [6.45, 7) is 8.69. The van der Waals surface area contributed by atoms with Gasteiger partial charge in [0.15, 0.2) is 0 Å². The standard InChI is InChI=1S/C20H24FNO2/c1-15(23)22(17-8-6-5-7-9-17)19-12-16(10-11-18(19)21)13-24-14-20(2,3)4/h5-12H,13-14H2,1-4H3. The zero-order valence-electron chi connectivity index (χ0n) is 14.7. The lowest BCUT2D eigenvalue weighted by Gasteiger charge is -2.23. The van der Waals surface area contributed by atoms with Crippen LogP contribution in [0.15, 0.2) is 48.5 Å². The van der Waals surface area contributed by atoms with Gasteiger partial charge in [0.2, 0.25) is 5.91 Å². The summed E-state index contributed by atoms with van der Waals surface area (Å²) in [5.74, 6) is -0.679. The van der Waals surface area contributed by atoms with E-state index in [2.05, 4.69) is 20.8 Å². The molecule has 0 spiro atoms. The van der Waals surface area contributed by atoms with Gasteiger partial charge >= 0.3 is 0 Å². The van der Waals surface area contributed by atoms with Crippen LogP contribution in [0, 0.1) is 11.2 Å². The molecule has 0 saturated carbocycles. The van der Waals surface area contributed by atoms with Gasteiger partial charge in [-0.1, -0.05) is 45.0 Å². The Labute approximate surface area is 143 Å². The maximum Gasteiger partial charge on any atom is 0.228 e. The fourth-order valence-corrected chi connectivity index (χ4v) is 2.36. The smallest absolute Gasteiger partial charge is 0.228 e. The molecule has 0 N–H and O–H groups in total. The second-order valence-corrected chi connectivity index (χ2v) is 7.03. The van der Waals surface area contributed by atoms with Gasteiger partial charge in [-0.15, -0.1) is 0 Å². The van der Waals surface area contributed by atoms with Crippen molar-refractivity contribution in [2.24, 2.45) is 5.41 Å². The molecule has 4 heteroatoms. The van der Waals surface area contributed by atoms with Crippen LogP contribution < -0.4 is 4.90 Å². The van der Waals surface area contributed by atoms with Crippen LogP contribution in [-0.4, -0.2) is 12.5 Å². The van der Waals surface area contributed by atoms with Crippen LogP contribution in [0.2, 0.25) is 0 Å². The molecule has 2 aromatic carbocycles. The Hall–Kier alpha value is -2.20. The van der Waals surface area contributed by atoms with Gasteiger partial charge in [-0.25, -0.2) is 4.39 Å². The SMILES string of the molecule is CC(=O)N(c1ccccc1)c1cc(COCC(C)(C)C)ccc1F. The summed E-state index contributed by atoms with van der Waals surface area (Å²) in [6, 6.07) is 13.8. The number of carbonyl (C=O) groups is 1. The fourth-order valence-electron chi connectivity index (χ4n) is 2.36. The van der Waals surface area contributed by atoms with E-state index in [1.54, 1.807) is 24.3 Å². The van der Waals surface area contributed by atoms with Crippen molar-refractivity contribution in [1.82, 2.24) is 0 Å². The Morgan fingerprint density at radius 2 is 1.79 bits per heavy atom. The molecule has 0 aliphatic carbocycles. The third kappa shape index (κ3) is 4.90. The summed E-state index contributed by atoms with van der Waals surface area (Å²) in [6.07, 6.45) is 0. The van der Waals surface area contributed by atoms with Crippen LogP contribution in [0.4, 0.5) is 15.8 Å². The lowest BCUT2D eigenvalue weighted by Crippen LogP contribution is -2.24. The Balaban J connectivity index is 2.27. The summed E-state index contributed by atoms with van der Waals surface area (Å²) in [5.41, 5.74) is 1.78. The van der Waals surface area contributed by atoms with Crippen molar-refractivity contribution in [3.63, 3.8) is 0 Å². The molecule has 0 aliphatic heterocycles. The van der Waals surface area contributed by atoms with E-state index < -0.39 is 5.82 Å². The number of benzene rings is 2. The predicted octanol–water partition coefficient (Wildman–Crippen LogP) is 5.07. The molecule has 2 aromatic rings. The summed E-state index contributed by atoms with van der Waals surface area (Å²) in [7, 11) is 0. The van der Waals surface area contributed by atoms with Crippen LogP contribution in [-0.2, 0) is 16.1 Å². The molecule has 0 unspecified atom stereocenters. The third-order valence-electron chi connectivity index (χ3n) is 3.38. The summed E-state index contributed by atoms with van der Waals surface area (Å²) >= 11 is 0. The zero-order chi connectivity index (χ0) is 17.7. The number of halogens is 1. The van der Waals surface area contributed by atoms with Crippen molar-refractivity contribution < 1.29 is 13.9 Å². The van der Waals surface area contributed by atoms with E-state index in [-0.39, 0.29) is 17.0 Å². The van der Waals surface area contributed by atoms with Crippen molar-refractivity contribution in [3.8, 4) is 0 Å². The molecule has 1 amide bonds. The van der Waals surface area contributed by atoms with Crippen molar-refractivity contribution in [1.29, 1.82) is 0 Å². The first-order valence-corrected chi connectivity index (χ1v) is 8.00. The van der Waals surface area contributed by atoms with Crippen LogP contribution in [0.1, 0.15) is 33.3 Å². The van der Waals surface area contributed by atoms with Crippen LogP contribution in [0.25, 0.3) is 0 Å². The van der Waals surface area contributed by atoms with Gasteiger partial charge in [-0.05, 0) is 35.2 Å². The molecule has 0 bridgehead atoms. The number of amides is 1. The number of carbonyl (C=O) groups excluding carboxylic acids is 1. The highest BCUT2D eigenvalue weighted by Gasteiger charge is 2.18. The number of ether oxygens (including phenoxy) is 1. The minimum absolute atomic E-state index is 0.0678. The molecular formula is C20H24FNO2. The molecule has 128 valence electrons. The second kappa shape index (κ2) is 7.58. The Kier molecular flexibility index (Phi) is 5.73. The zero-order valence-corrected chi connectivity index (χ0v) is 14.7. The molecule has 0 aliphatic rings. The predicted molar refractivity (Wildman–Crippen MR) is 94.8 cm³/mol. The number of nitrogens with zero attached hydrogens (tertiary/aromatic N) is 1. The number of hydrogen-bond acceptors (Lipinski definition) is 2. The topological polar surface area (TPSA) is 29.5 Å². The lowest BCUT2D eigenvalue weighted by molar-refractivity contribution is -0.115. The molecular weight excluding hydrogens is 305 g/mol. The van der Waals surface area contributed by atoms with Crippen molar-refractivity contribution >= 4 is 17.3 Å². The highest BCUT2D eigenvalue weighted by atomic mass is 19.1. The number of para-hydroxylation sites is 1. The minimum atomic E-state index is -0.436.